The highest BCUT2D eigenvalue weighted by atomic mass is 127. The molecular weight excluding hydrogens is 355 g/mol. The highest BCUT2D eigenvalue weighted by molar-refractivity contribution is 14.1. The highest BCUT2D eigenvalue weighted by Crippen LogP contribution is 2.26. The van der Waals surface area contributed by atoms with Crippen LogP contribution in [0.15, 0.2) is 42.5 Å². The van der Waals surface area contributed by atoms with Crippen LogP contribution in [-0.4, -0.2) is 0 Å². The summed E-state index contributed by atoms with van der Waals surface area (Å²) in [5.41, 5.74) is 5.16. The van der Waals surface area contributed by atoms with Crippen molar-refractivity contribution in [1.29, 1.82) is 0 Å². The fraction of sp³-hybridized carbons (Fsp3) is 0.250. The molecular formula is C16H16ClI. The Morgan fingerprint density at radius 2 is 1.67 bits per heavy atom. The fourth-order valence-corrected chi connectivity index (χ4v) is 2.61. The van der Waals surface area contributed by atoms with Crippen molar-refractivity contribution in [2.75, 3.05) is 0 Å². The molecule has 2 aromatic carbocycles. The average Bonchev–Trinajstić information content (AvgIpc) is 2.34. The van der Waals surface area contributed by atoms with Gasteiger partial charge in [0.15, 0.2) is 0 Å². The van der Waals surface area contributed by atoms with Gasteiger partial charge in [-0.1, -0.05) is 30.3 Å². The van der Waals surface area contributed by atoms with Gasteiger partial charge in [0.25, 0.3) is 0 Å². The van der Waals surface area contributed by atoms with Crippen molar-refractivity contribution in [2.45, 2.75) is 25.6 Å². The van der Waals surface area contributed by atoms with Crippen LogP contribution in [0.3, 0.4) is 0 Å². The van der Waals surface area contributed by atoms with Crippen molar-refractivity contribution < 1.29 is 0 Å². The van der Waals surface area contributed by atoms with Gasteiger partial charge in [0.1, 0.15) is 0 Å². The standard InChI is InChI=1S/C16H16ClI/c1-11-3-4-13(9-12(11)2)10-16(17)14-5-7-15(18)8-6-14/h3-9,16H,10H2,1-2H3. The van der Waals surface area contributed by atoms with Crippen LogP contribution in [0, 0.1) is 17.4 Å². The molecule has 2 heteroatoms. The lowest BCUT2D eigenvalue weighted by molar-refractivity contribution is 0.916. The van der Waals surface area contributed by atoms with Crippen LogP contribution in [0.25, 0.3) is 0 Å². The molecule has 0 nitrogen and oxygen atoms in total. The third-order valence-electron chi connectivity index (χ3n) is 3.22. The molecule has 0 heterocycles. The number of hydrogen-bond donors (Lipinski definition) is 0. The Kier molecular flexibility index (Phi) is 4.68. The predicted octanol–water partition coefficient (Wildman–Crippen LogP) is 5.43. The number of alkyl halides is 1. The highest BCUT2D eigenvalue weighted by Gasteiger charge is 2.09. The first-order valence-corrected chi connectivity index (χ1v) is 7.53. The van der Waals surface area contributed by atoms with E-state index in [9.17, 15) is 0 Å². The quantitative estimate of drug-likeness (QED) is 0.499. The van der Waals surface area contributed by atoms with Crippen molar-refractivity contribution in [2.24, 2.45) is 0 Å². The lowest BCUT2D eigenvalue weighted by atomic mass is 10.0. The van der Waals surface area contributed by atoms with E-state index in [2.05, 4.69) is 78.9 Å². The van der Waals surface area contributed by atoms with E-state index in [0.717, 1.165) is 6.42 Å². The second kappa shape index (κ2) is 6.07. The third kappa shape index (κ3) is 3.48. The van der Waals surface area contributed by atoms with Crippen LogP contribution in [-0.2, 0) is 6.42 Å². The maximum atomic E-state index is 6.48. The summed E-state index contributed by atoms with van der Waals surface area (Å²) < 4.78 is 1.24. The van der Waals surface area contributed by atoms with Crippen molar-refractivity contribution in [1.82, 2.24) is 0 Å². The minimum Gasteiger partial charge on any atom is -0.117 e. The van der Waals surface area contributed by atoms with Crippen molar-refractivity contribution in [3.63, 3.8) is 0 Å². The van der Waals surface area contributed by atoms with Crippen molar-refractivity contribution >= 4 is 34.2 Å². The molecule has 0 spiro atoms. The van der Waals surface area contributed by atoms with Gasteiger partial charge in [0, 0.05) is 3.57 Å². The molecule has 94 valence electrons. The predicted molar refractivity (Wildman–Crippen MR) is 87.4 cm³/mol. The first-order valence-electron chi connectivity index (χ1n) is 6.02. The summed E-state index contributed by atoms with van der Waals surface area (Å²) in [5.74, 6) is 0. The molecule has 0 aromatic heterocycles. The first-order chi connectivity index (χ1) is 8.56. The van der Waals surface area contributed by atoms with Gasteiger partial charge in [-0.25, -0.2) is 0 Å². The van der Waals surface area contributed by atoms with E-state index in [1.54, 1.807) is 0 Å². The van der Waals surface area contributed by atoms with Gasteiger partial charge < -0.3 is 0 Å². The van der Waals surface area contributed by atoms with E-state index in [-0.39, 0.29) is 5.38 Å². The van der Waals surface area contributed by atoms with Gasteiger partial charge in [0.05, 0.1) is 5.38 Å². The van der Waals surface area contributed by atoms with E-state index in [0.29, 0.717) is 0 Å². The molecule has 0 aliphatic heterocycles. The molecule has 0 amide bonds. The SMILES string of the molecule is Cc1ccc(CC(Cl)c2ccc(I)cc2)cc1C. The molecule has 0 aliphatic rings. The summed E-state index contributed by atoms with van der Waals surface area (Å²) in [6, 6.07) is 15.0. The zero-order chi connectivity index (χ0) is 13.1. The summed E-state index contributed by atoms with van der Waals surface area (Å²) in [4.78, 5) is 0. The zero-order valence-electron chi connectivity index (χ0n) is 10.6. The van der Waals surface area contributed by atoms with Crippen LogP contribution < -0.4 is 0 Å². The molecule has 2 aromatic rings. The summed E-state index contributed by atoms with van der Waals surface area (Å²) in [6.45, 7) is 4.28. The zero-order valence-corrected chi connectivity index (χ0v) is 13.5. The summed E-state index contributed by atoms with van der Waals surface area (Å²) in [5, 5.41) is 0.0455. The minimum absolute atomic E-state index is 0.0455. The molecule has 0 fully saturated rings. The Hall–Kier alpha value is -0.540. The molecule has 0 bridgehead atoms. The van der Waals surface area contributed by atoms with Gasteiger partial charge in [0.2, 0.25) is 0 Å². The Labute approximate surface area is 128 Å². The monoisotopic (exact) mass is 370 g/mol. The molecule has 0 aliphatic carbocycles. The molecule has 1 atom stereocenters. The molecule has 2 rings (SSSR count). The molecule has 0 radical (unpaired) electrons. The van der Waals surface area contributed by atoms with Crippen LogP contribution in [0.1, 0.15) is 27.6 Å². The lowest BCUT2D eigenvalue weighted by Crippen LogP contribution is -1.97. The average molecular weight is 371 g/mol. The Morgan fingerprint density at radius 1 is 1.00 bits per heavy atom. The summed E-state index contributed by atoms with van der Waals surface area (Å²) in [6.07, 6.45) is 0.878. The van der Waals surface area contributed by atoms with Crippen molar-refractivity contribution in [3.8, 4) is 0 Å². The maximum Gasteiger partial charge on any atom is 0.0625 e. The van der Waals surface area contributed by atoms with E-state index in [1.807, 2.05) is 0 Å². The molecule has 1 unspecified atom stereocenters. The fourth-order valence-electron chi connectivity index (χ4n) is 1.93. The van der Waals surface area contributed by atoms with Gasteiger partial charge >= 0.3 is 0 Å². The molecule has 18 heavy (non-hydrogen) atoms. The van der Waals surface area contributed by atoms with Gasteiger partial charge in [-0.15, -0.1) is 11.6 Å². The van der Waals surface area contributed by atoms with E-state index >= 15 is 0 Å². The van der Waals surface area contributed by atoms with Crippen molar-refractivity contribution in [3.05, 3.63) is 68.3 Å². The number of rotatable bonds is 3. The largest absolute Gasteiger partial charge is 0.117 e. The Balaban J connectivity index is 2.13. The Bertz CT molecular complexity index is 531. The molecule has 0 saturated carbocycles. The summed E-state index contributed by atoms with van der Waals surface area (Å²) >= 11 is 8.79. The molecule has 0 saturated heterocycles. The number of aryl methyl sites for hydroxylation is 2. The van der Waals surface area contributed by atoms with Crippen LogP contribution in [0.5, 0.6) is 0 Å². The van der Waals surface area contributed by atoms with Crippen LogP contribution >= 0.6 is 34.2 Å². The third-order valence-corrected chi connectivity index (χ3v) is 4.34. The maximum absolute atomic E-state index is 6.48. The second-order valence-electron chi connectivity index (χ2n) is 4.64. The second-order valence-corrected chi connectivity index (χ2v) is 6.41. The van der Waals surface area contributed by atoms with Crippen LogP contribution in [0.4, 0.5) is 0 Å². The lowest BCUT2D eigenvalue weighted by Gasteiger charge is -2.11. The smallest absolute Gasteiger partial charge is 0.0625 e. The van der Waals surface area contributed by atoms with Gasteiger partial charge in [-0.05, 0) is 77.2 Å². The van der Waals surface area contributed by atoms with Gasteiger partial charge in [-0.3, -0.25) is 0 Å². The van der Waals surface area contributed by atoms with Gasteiger partial charge in [-0.2, -0.15) is 0 Å². The normalized spacial score (nSPS) is 12.4. The topological polar surface area (TPSA) is 0 Å². The number of hydrogen-bond acceptors (Lipinski definition) is 0. The summed E-state index contributed by atoms with van der Waals surface area (Å²) in [7, 11) is 0. The molecule has 0 N–H and O–H groups in total. The first kappa shape index (κ1) is 13.9. The number of halogens is 2. The van der Waals surface area contributed by atoms with E-state index in [4.69, 9.17) is 11.6 Å². The minimum atomic E-state index is 0.0455. The van der Waals surface area contributed by atoms with E-state index < -0.39 is 0 Å². The van der Waals surface area contributed by atoms with Crippen LogP contribution in [0.2, 0.25) is 0 Å². The Morgan fingerprint density at radius 3 is 2.28 bits per heavy atom. The van der Waals surface area contributed by atoms with E-state index in [1.165, 1.54) is 25.8 Å². The number of benzene rings is 2.